The van der Waals surface area contributed by atoms with E-state index in [1.165, 1.54) is 12.1 Å². The summed E-state index contributed by atoms with van der Waals surface area (Å²) >= 11 is 0. The zero-order chi connectivity index (χ0) is 14.0. The summed E-state index contributed by atoms with van der Waals surface area (Å²) in [4.78, 5) is 13.7. The molecule has 0 aromatic heterocycles. The molecule has 1 unspecified atom stereocenters. The molecule has 1 heterocycles. The summed E-state index contributed by atoms with van der Waals surface area (Å²) < 4.78 is 37.2. The molecule has 1 aromatic rings. The van der Waals surface area contributed by atoms with Crippen LogP contribution in [0.1, 0.15) is 22.3 Å². The van der Waals surface area contributed by atoms with Crippen molar-refractivity contribution in [1.82, 2.24) is 4.90 Å². The molecular weight excluding hydrogens is 293 g/mol. The predicted octanol–water partition coefficient (Wildman–Crippen LogP) is 2.55. The summed E-state index contributed by atoms with van der Waals surface area (Å²) in [5, 5.41) is 0. The molecule has 112 valence electrons. The molecule has 20 heavy (non-hydrogen) atoms. The lowest BCUT2D eigenvalue weighted by Gasteiger charge is -2.16. The Labute approximate surface area is 121 Å². The van der Waals surface area contributed by atoms with E-state index in [0.29, 0.717) is 25.6 Å². The molecule has 0 aliphatic carbocycles. The Hall–Kier alpha value is -1.27. The van der Waals surface area contributed by atoms with E-state index >= 15 is 0 Å². The highest BCUT2D eigenvalue weighted by Gasteiger charge is 2.31. The van der Waals surface area contributed by atoms with Gasteiger partial charge in [0.2, 0.25) is 0 Å². The minimum absolute atomic E-state index is 0. The molecule has 1 atom stereocenters. The van der Waals surface area contributed by atoms with E-state index in [-0.39, 0.29) is 23.9 Å². The topological polar surface area (TPSA) is 46.3 Å². The van der Waals surface area contributed by atoms with Gasteiger partial charge in [0.05, 0.1) is 5.56 Å². The molecule has 1 saturated heterocycles. The molecule has 1 amide bonds. The maximum absolute atomic E-state index is 12.4. The number of rotatable bonds is 2. The highest BCUT2D eigenvalue weighted by Crippen LogP contribution is 2.29. The quantitative estimate of drug-likeness (QED) is 0.912. The van der Waals surface area contributed by atoms with Crippen LogP contribution in [0.25, 0.3) is 0 Å². The van der Waals surface area contributed by atoms with Crippen LogP contribution in [0.3, 0.4) is 0 Å². The van der Waals surface area contributed by atoms with Crippen molar-refractivity contribution in [2.75, 3.05) is 19.6 Å². The number of carbonyl (C=O) groups excluding carboxylic acids is 1. The fourth-order valence-corrected chi connectivity index (χ4v) is 2.19. The van der Waals surface area contributed by atoms with Crippen molar-refractivity contribution in [2.45, 2.75) is 12.6 Å². The van der Waals surface area contributed by atoms with Crippen LogP contribution in [0.4, 0.5) is 13.2 Å². The van der Waals surface area contributed by atoms with Crippen molar-refractivity contribution in [3.8, 4) is 0 Å². The molecule has 1 aliphatic heterocycles. The van der Waals surface area contributed by atoms with Gasteiger partial charge >= 0.3 is 6.18 Å². The predicted molar refractivity (Wildman–Crippen MR) is 71.8 cm³/mol. The van der Waals surface area contributed by atoms with Gasteiger partial charge < -0.3 is 10.6 Å². The number of nitrogens with zero attached hydrogens (tertiary/aromatic N) is 1. The van der Waals surface area contributed by atoms with Gasteiger partial charge in [0.15, 0.2) is 0 Å². The first kappa shape index (κ1) is 16.8. The molecule has 0 bridgehead atoms. The number of amides is 1. The Morgan fingerprint density at radius 2 is 1.90 bits per heavy atom. The van der Waals surface area contributed by atoms with Gasteiger partial charge in [0.25, 0.3) is 5.91 Å². The van der Waals surface area contributed by atoms with E-state index < -0.39 is 11.7 Å². The zero-order valence-corrected chi connectivity index (χ0v) is 11.5. The van der Waals surface area contributed by atoms with Gasteiger partial charge in [-0.15, -0.1) is 12.4 Å². The van der Waals surface area contributed by atoms with E-state index in [9.17, 15) is 18.0 Å². The molecule has 7 heteroatoms. The summed E-state index contributed by atoms with van der Waals surface area (Å²) in [6.07, 6.45) is -3.53. The second-order valence-corrected chi connectivity index (χ2v) is 4.72. The van der Waals surface area contributed by atoms with Crippen molar-refractivity contribution in [2.24, 2.45) is 11.7 Å². The normalized spacial score (nSPS) is 18.8. The Morgan fingerprint density at radius 3 is 2.35 bits per heavy atom. The number of hydrogen-bond donors (Lipinski definition) is 1. The van der Waals surface area contributed by atoms with Crippen LogP contribution in [-0.4, -0.2) is 30.4 Å². The third kappa shape index (κ3) is 3.64. The molecule has 3 nitrogen and oxygen atoms in total. The molecule has 0 saturated carbocycles. The Bertz CT molecular complexity index is 462. The average molecular weight is 309 g/mol. The second kappa shape index (κ2) is 6.45. The molecule has 1 aliphatic rings. The van der Waals surface area contributed by atoms with Gasteiger partial charge in [-0.25, -0.2) is 0 Å². The zero-order valence-electron chi connectivity index (χ0n) is 10.7. The van der Waals surface area contributed by atoms with Crippen LogP contribution in [0.15, 0.2) is 24.3 Å². The largest absolute Gasteiger partial charge is 0.416 e. The van der Waals surface area contributed by atoms with Gasteiger partial charge in [0, 0.05) is 18.7 Å². The molecular formula is C13H16ClF3N2O. The number of benzene rings is 1. The third-order valence-corrected chi connectivity index (χ3v) is 3.37. The fraction of sp³-hybridized carbons (Fsp3) is 0.462. The number of alkyl halides is 3. The van der Waals surface area contributed by atoms with E-state index in [1.54, 1.807) is 4.90 Å². The summed E-state index contributed by atoms with van der Waals surface area (Å²) in [7, 11) is 0. The molecule has 1 aromatic carbocycles. The average Bonchev–Trinajstić information content (AvgIpc) is 2.86. The summed E-state index contributed by atoms with van der Waals surface area (Å²) in [5.41, 5.74) is 5.08. The summed E-state index contributed by atoms with van der Waals surface area (Å²) in [6.45, 7) is 1.72. The van der Waals surface area contributed by atoms with Crippen LogP contribution in [0, 0.1) is 5.92 Å². The first-order valence-corrected chi connectivity index (χ1v) is 6.08. The fourth-order valence-electron chi connectivity index (χ4n) is 2.19. The summed E-state index contributed by atoms with van der Waals surface area (Å²) in [6, 6.07) is 4.31. The van der Waals surface area contributed by atoms with Crippen molar-refractivity contribution < 1.29 is 18.0 Å². The SMILES string of the molecule is Cl.NCC1CCN(C(=O)c2ccc(C(F)(F)F)cc2)C1. The Morgan fingerprint density at radius 1 is 1.30 bits per heavy atom. The van der Waals surface area contributed by atoms with Crippen LogP contribution >= 0.6 is 12.4 Å². The smallest absolute Gasteiger partial charge is 0.338 e. The van der Waals surface area contributed by atoms with Crippen LogP contribution in [-0.2, 0) is 6.18 Å². The van der Waals surface area contributed by atoms with Gasteiger partial charge in [-0.05, 0) is 43.1 Å². The van der Waals surface area contributed by atoms with E-state index in [1.807, 2.05) is 0 Å². The lowest BCUT2D eigenvalue weighted by molar-refractivity contribution is -0.137. The summed E-state index contributed by atoms with van der Waals surface area (Å²) in [5.74, 6) is 0.0584. The van der Waals surface area contributed by atoms with E-state index in [4.69, 9.17) is 5.73 Å². The van der Waals surface area contributed by atoms with Gasteiger partial charge in [-0.2, -0.15) is 13.2 Å². The van der Waals surface area contributed by atoms with Crippen molar-refractivity contribution in [1.29, 1.82) is 0 Å². The van der Waals surface area contributed by atoms with Crippen LogP contribution in [0.5, 0.6) is 0 Å². The highest BCUT2D eigenvalue weighted by molar-refractivity contribution is 5.94. The number of nitrogens with two attached hydrogens (primary N) is 1. The third-order valence-electron chi connectivity index (χ3n) is 3.37. The maximum atomic E-state index is 12.4. The standard InChI is InChI=1S/C13H15F3N2O.ClH/c14-13(15,16)11-3-1-10(2-4-11)12(19)18-6-5-9(7-17)8-18;/h1-4,9H,5-8,17H2;1H. The first-order valence-electron chi connectivity index (χ1n) is 6.08. The van der Waals surface area contributed by atoms with Crippen molar-refractivity contribution in [3.63, 3.8) is 0 Å². The lowest BCUT2D eigenvalue weighted by Crippen LogP contribution is -2.29. The minimum atomic E-state index is -4.38. The van der Waals surface area contributed by atoms with Crippen LogP contribution in [0.2, 0.25) is 0 Å². The van der Waals surface area contributed by atoms with E-state index in [0.717, 1.165) is 18.6 Å². The number of likely N-dealkylation sites (tertiary alicyclic amines) is 1. The van der Waals surface area contributed by atoms with Gasteiger partial charge in [-0.3, -0.25) is 4.79 Å². The van der Waals surface area contributed by atoms with Gasteiger partial charge in [0.1, 0.15) is 0 Å². The number of halogens is 4. The molecule has 0 radical (unpaired) electrons. The second-order valence-electron chi connectivity index (χ2n) is 4.72. The monoisotopic (exact) mass is 308 g/mol. The lowest BCUT2D eigenvalue weighted by atomic mass is 10.1. The highest BCUT2D eigenvalue weighted by atomic mass is 35.5. The van der Waals surface area contributed by atoms with Crippen LogP contribution < -0.4 is 5.73 Å². The molecule has 0 spiro atoms. The molecule has 2 N–H and O–H groups in total. The minimum Gasteiger partial charge on any atom is -0.338 e. The maximum Gasteiger partial charge on any atom is 0.416 e. The molecule has 1 fully saturated rings. The number of carbonyl (C=O) groups is 1. The van der Waals surface area contributed by atoms with Gasteiger partial charge in [-0.1, -0.05) is 0 Å². The molecule has 2 rings (SSSR count). The Kier molecular flexibility index (Phi) is 5.42. The van der Waals surface area contributed by atoms with Crippen molar-refractivity contribution in [3.05, 3.63) is 35.4 Å². The number of hydrogen-bond acceptors (Lipinski definition) is 2. The first-order chi connectivity index (χ1) is 8.91. The Balaban J connectivity index is 0.00000200. The van der Waals surface area contributed by atoms with E-state index in [2.05, 4.69) is 0 Å². The van der Waals surface area contributed by atoms with Crippen molar-refractivity contribution >= 4 is 18.3 Å².